The van der Waals surface area contributed by atoms with E-state index in [0.29, 0.717) is 12.0 Å². The molecule has 0 spiro atoms. The van der Waals surface area contributed by atoms with Gasteiger partial charge in [-0.3, -0.25) is 0 Å². The third-order valence-electron chi connectivity index (χ3n) is 5.54. The van der Waals surface area contributed by atoms with Gasteiger partial charge in [0.2, 0.25) is 5.88 Å². The molecule has 26 heavy (non-hydrogen) atoms. The van der Waals surface area contributed by atoms with E-state index >= 15 is 0 Å². The molecule has 1 fully saturated rings. The van der Waals surface area contributed by atoms with Crippen LogP contribution in [0.4, 0.5) is 0 Å². The zero-order valence-corrected chi connectivity index (χ0v) is 16.4. The van der Waals surface area contributed by atoms with Crippen molar-refractivity contribution >= 4 is 0 Å². The second-order valence-corrected chi connectivity index (χ2v) is 7.77. The van der Waals surface area contributed by atoms with Crippen molar-refractivity contribution in [2.75, 3.05) is 13.1 Å². The minimum absolute atomic E-state index is 0.197. The first-order chi connectivity index (χ1) is 12.6. The molecule has 3 atom stereocenters. The lowest BCUT2D eigenvalue weighted by atomic mass is 9.89. The van der Waals surface area contributed by atoms with Gasteiger partial charge in [0.1, 0.15) is 0 Å². The fraction of sp³-hybridized carbons (Fsp3) is 0.522. The Balaban J connectivity index is 1.46. The lowest BCUT2D eigenvalue weighted by molar-refractivity contribution is 0.130. The highest BCUT2D eigenvalue weighted by molar-refractivity contribution is 5.20. The van der Waals surface area contributed by atoms with Crippen LogP contribution in [-0.4, -0.2) is 35.1 Å². The number of piperidine rings is 1. The molecule has 0 aliphatic carbocycles. The number of hydrogen-bond donors (Lipinski definition) is 0. The first-order valence-electron chi connectivity index (χ1n) is 10.00. The Bertz CT molecular complexity index is 656. The molecule has 3 heteroatoms. The molecular formula is C23H32N2O. The van der Waals surface area contributed by atoms with E-state index in [-0.39, 0.29) is 6.10 Å². The van der Waals surface area contributed by atoms with Gasteiger partial charge in [-0.15, -0.1) is 0 Å². The summed E-state index contributed by atoms with van der Waals surface area (Å²) in [5.41, 5.74) is 2.66. The van der Waals surface area contributed by atoms with Gasteiger partial charge >= 0.3 is 0 Å². The van der Waals surface area contributed by atoms with Crippen LogP contribution in [0.25, 0.3) is 0 Å². The van der Waals surface area contributed by atoms with E-state index in [1.807, 2.05) is 19.2 Å². The summed E-state index contributed by atoms with van der Waals surface area (Å²) >= 11 is 0. The van der Waals surface area contributed by atoms with Gasteiger partial charge in [-0.25, -0.2) is 4.98 Å². The van der Waals surface area contributed by atoms with Crippen LogP contribution in [0.3, 0.4) is 0 Å². The first-order valence-corrected chi connectivity index (χ1v) is 10.00. The molecule has 0 radical (unpaired) electrons. The third kappa shape index (κ3) is 5.31. The highest BCUT2D eigenvalue weighted by Gasteiger charge is 2.24. The molecule has 3 unspecified atom stereocenters. The Kier molecular flexibility index (Phi) is 6.67. The summed E-state index contributed by atoms with van der Waals surface area (Å²) in [6.07, 6.45) is 6.89. The molecule has 2 aromatic rings. The van der Waals surface area contributed by atoms with Crippen LogP contribution in [0.15, 0.2) is 48.7 Å². The van der Waals surface area contributed by atoms with Crippen LogP contribution in [0.5, 0.6) is 5.88 Å². The smallest absolute Gasteiger partial charge is 0.213 e. The molecule has 0 saturated carbocycles. The third-order valence-corrected chi connectivity index (χ3v) is 5.54. The van der Waals surface area contributed by atoms with Crippen LogP contribution in [0.2, 0.25) is 0 Å². The number of rotatable bonds is 7. The van der Waals surface area contributed by atoms with E-state index in [1.54, 1.807) is 0 Å². The minimum Gasteiger partial charge on any atom is -0.475 e. The van der Waals surface area contributed by atoms with Crippen LogP contribution < -0.4 is 4.74 Å². The van der Waals surface area contributed by atoms with Gasteiger partial charge in [0.15, 0.2) is 0 Å². The number of benzene rings is 1. The van der Waals surface area contributed by atoms with Crippen molar-refractivity contribution in [2.24, 2.45) is 0 Å². The van der Waals surface area contributed by atoms with Gasteiger partial charge in [0.05, 0.1) is 6.10 Å². The second-order valence-electron chi connectivity index (χ2n) is 7.77. The largest absolute Gasteiger partial charge is 0.475 e. The second kappa shape index (κ2) is 9.18. The zero-order valence-electron chi connectivity index (χ0n) is 16.4. The molecule has 3 nitrogen and oxygen atoms in total. The highest BCUT2D eigenvalue weighted by Crippen LogP contribution is 2.28. The average Bonchev–Trinajstić information content (AvgIpc) is 2.69. The summed E-state index contributed by atoms with van der Waals surface area (Å²) in [5.74, 6) is 1.41. The number of hydrogen-bond acceptors (Lipinski definition) is 3. The number of aryl methyl sites for hydroxylation is 1. The van der Waals surface area contributed by atoms with E-state index in [4.69, 9.17) is 4.74 Å². The van der Waals surface area contributed by atoms with Crippen molar-refractivity contribution in [3.63, 3.8) is 0 Å². The standard InChI is InChI=1S/C23H32N2O/c1-18-11-14-23(24-16-18)26-20(3)13-12-19(2)25-15-7-10-22(17-25)21-8-5-4-6-9-21/h4-6,8-9,11,14,16,19-20,22H,7,10,12-13,15,17H2,1-3H3. The lowest BCUT2D eigenvalue weighted by Gasteiger charge is -2.37. The van der Waals surface area contributed by atoms with E-state index in [1.165, 1.54) is 31.5 Å². The van der Waals surface area contributed by atoms with Gasteiger partial charge in [0, 0.05) is 24.8 Å². The SMILES string of the molecule is Cc1ccc(OC(C)CCC(C)N2CCCC(c3ccccc3)C2)nc1. The number of ether oxygens (including phenoxy) is 1. The van der Waals surface area contributed by atoms with Crippen LogP contribution in [-0.2, 0) is 0 Å². The maximum absolute atomic E-state index is 5.97. The molecule has 0 N–H and O–H groups in total. The Hall–Kier alpha value is -1.87. The number of aromatic nitrogens is 1. The number of pyridine rings is 1. The molecular weight excluding hydrogens is 320 g/mol. The van der Waals surface area contributed by atoms with Crippen LogP contribution >= 0.6 is 0 Å². The van der Waals surface area contributed by atoms with Gasteiger partial charge in [-0.05, 0) is 70.0 Å². The van der Waals surface area contributed by atoms with Crippen molar-refractivity contribution in [3.8, 4) is 5.88 Å². The van der Waals surface area contributed by atoms with Gasteiger partial charge in [-0.1, -0.05) is 36.4 Å². The molecule has 1 saturated heterocycles. The molecule has 1 aliphatic heterocycles. The normalized spacial score (nSPS) is 20.5. The first kappa shape index (κ1) is 18.9. The Morgan fingerprint density at radius 1 is 1.12 bits per heavy atom. The fourth-order valence-electron chi connectivity index (χ4n) is 3.85. The van der Waals surface area contributed by atoms with E-state index in [9.17, 15) is 0 Å². The van der Waals surface area contributed by atoms with Crippen molar-refractivity contribution in [3.05, 3.63) is 59.8 Å². The molecule has 3 rings (SSSR count). The molecule has 1 aliphatic rings. The average molecular weight is 353 g/mol. The molecule has 140 valence electrons. The summed E-state index contributed by atoms with van der Waals surface area (Å²) in [6.45, 7) is 8.96. The van der Waals surface area contributed by atoms with Crippen LogP contribution in [0.1, 0.15) is 56.6 Å². The van der Waals surface area contributed by atoms with Crippen molar-refractivity contribution in [1.82, 2.24) is 9.88 Å². The lowest BCUT2D eigenvalue weighted by Crippen LogP contribution is -2.41. The van der Waals surface area contributed by atoms with Crippen LogP contribution in [0, 0.1) is 6.92 Å². The summed E-state index contributed by atoms with van der Waals surface area (Å²) in [7, 11) is 0. The quantitative estimate of drug-likeness (QED) is 0.684. The monoisotopic (exact) mass is 352 g/mol. The number of nitrogens with zero attached hydrogens (tertiary/aromatic N) is 2. The maximum Gasteiger partial charge on any atom is 0.213 e. The Labute approximate surface area is 158 Å². The Morgan fingerprint density at radius 2 is 1.92 bits per heavy atom. The Morgan fingerprint density at radius 3 is 2.65 bits per heavy atom. The summed E-state index contributed by atoms with van der Waals surface area (Å²) in [6, 6.07) is 15.6. The molecule has 0 amide bonds. The molecule has 1 aromatic heterocycles. The zero-order chi connectivity index (χ0) is 18.4. The highest BCUT2D eigenvalue weighted by atomic mass is 16.5. The molecule has 1 aromatic carbocycles. The molecule has 0 bridgehead atoms. The van der Waals surface area contributed by atoms with E-state index in [0.717, 1.165) is 24.3 Å². The summed E-state index contributed by atoms with van der Waals surface area (Å²) in [4.78, 5) is 7.01. The van der Waals surface area contributed by atoms with Gasteiger partial charge in [-0.2, -0.15) is 0 Å². The maximum atomic E-state index is 5.97. The number of likely N-dealkylation sites (tertiary alicyclic amines) is 1. The van der Waals surface area contributed by atoms with Gasteiger partial charge < -0.3 is 9.64 Å². The molecule has 2 heterocycles. The topological polar surface area (TPSA) is 25.4 Å². The fourth-order valence-corrected chi connectivity index (χ4v) is 3.85. The predicted octanol–water partition coefficient (Wildman–Crippen LogP) is 5.21. The minimum atomic E-state index is 0.197. The van der Waals surface area contributed by atoms with Crippen molar-refractivity contribution in [1.29, 1.82) is 0 Å². The van der Waals surface area contributed by atoms with Crippen molar-refractivity contribution in [2.45, 2.75) is 64.5 Å². The van der Waals surface area contributed by atoms with E-state index in [2.05, 4.69) is 60.1 Å². The van der Waals surface area contributed by atoms with E-state index < -0.39 is 0 Å². The predicted molar refractivity (Wildman–Crippen MR) is 108 cm³/mol. The summed E-state index contributed by atoms with van der Waals surface area (Å²) in [5, 5.41) is 0. The van der Waals surface area contributed by atoms with Gasteiger partial charge in [0.25, 0.3) is 0 Å². The summed E-state index contributed by atoms with van der Waals surface area (Å²) < 4.78 is 5.97. The van der Waals surface area contributed by atoms with Crippen molar-refractivity contribution < 1.29 is 4.74 Å².